The van der Waals surface area contributed by atoms with E-state index in [1.807, 2.05) is 6.07 Å². The number of rotatable bonds is 6. The van der Waals surface area contributed by atoms with E-state index in [4.69, 9.17) is 18.9 Å². The normalized spacial score (nSPS) is 31.6. The minimum atomic E-state index is -1.14. The summed E-state index contributed by atoms with van der Waals surface area (Å²) in [6.45, 7) is 4.54. The van der Waals surface area contributed by atoms with Crippen molar-refractivity contribution in [3.63, 3.8) is 0 Å². The summed E-state index contributed by atoms with van der Waals surface area (Å²) in [5.41, 5.74) is 1.59. The Labute approximate surface area is 193 Å². The number of carbonyl (C=O) groups is 3. The van der Waals surface area contributed by atoms with E-state index in [1.54, 1.807) is 21.0 Å². The highest BCUT2D eigenvalue weighted by Crippen LogP contribution is 2.65. The van der Waals surface area contributed by atoms with Gasteiger partial charge in [0.2, 0.25) is 0 Å². The molecule has 0 N–H and O–H groups in total. The molecule has 0 radical (unpaired) electrons. The Kier molecular flexibility index (Phi) is 5.39. The van der Waals surface area contributed by atoms with E-state index < -0.39 is 35.3 Å². The Hall–Kier alpha value is -2.61. The number of ether oxygens (including phenoxy) is 4. The molecule has 4 aliphatic rings. The maximum Gasteiger partial charge on any atom is 0.320 e. The van der Waals surface area contributed by atoms with Gasteiger partial charge in [-0.1, -0.05) is 6.07 Å². The number of Topliss-reactive ketones (excluding diaryl/α,β-unsaturated/α-hetero) is 1. The van der Waals surface area contributed by atoms with Crippen molar-refractivity contribution < 1.29 is 33.3 Å². The van der Waals surface area contributed by atoms with Crippen LogP contribution in [0.4, 0.5) is 0 Å². The Bertz CT molecular complexity index is 989. The fraction of sp³-hybridized carbons (Fsp3) is 0.640. The van der Waals surface area contributed by atoms with E-state index in [1.165, 1.54) is 0 Å². The van der Waals surface area contributed by atoms with E-state index in [-0.39, 0.29) is 37.4 Å². The lowest BCUT2D eigenvalue weighted by Crippen LogP contribution is -2.69. The van der Waals surface area contributed by atoms with E-state index in [2.05, 4.69) is 18.0 Å². The van der Waals surface area contributed by atoms with Gasteiger partial charge < -0.3 is 23.8 Å². The Morgan fingerprint density at radius 3 is 2.52 bits per heavy atom. The summed E-state index contributed by atoms with van der Waals surface area (Å²) in [4.78, 5) is 42.1. The summed E-state index contributed by atoms with van der Waals surface area (Å²) in [6.07, 6.45) is 0.915. The number of ketones is 1. The van der Waals surface area contributed by atoms with Crippen LogP contribution in [0.3, 0.4) is 0 Å². The Balaban J connectivity index is 1.70. The van der Waals surface area contributed by atoms with Gasteiger partial charge >= 0.3 is 11.9 Å². The van der Waals surface area contributed by atoms with Crippen LogP contribution in [0.25, 0.3) is 0 Å². The van der Waals surface area contributed by atoms with Crippen LogP contribution in [0.5, 0.6) is 11.5 Å². The second-order valence-corrected chi connectivity index (χ2v) is 9.51. The van der Waals surface area contributed by atoms with Gasteiger partial charge in [-0.15, -0.1) is 0 Å². The standard InChI is InChI=1S/C25H31NO7/c1-5-31-23(28)18(24(29)32-6-2)14-12-16(27)22-25-9-10-26(3)15(20(14)25)11-13-7-8-17(30-4)21(33-22)19(13)25/h7-8,14-15,18,20,22H,5-6,9-12H2,1-4H3/t14-,15?,20?,22+,25?/m1/s1. The third kappa shape index (κ3) is 2.95. The van der Waals surface area contributed by atoms with E-state index in [9.17, 15) is 14.4 Å². The van der Waals surface area contributed by atoms with Crippen LogP contribution < -0.4 is 9.47 Å². The quantitative estimate of drug-likeness (QED) is 0.473. The van der Waals surface area contributed by atoms with Crippen LogP contribution in [0.2, 0.25) is 0 Å². The molecule has 0 amide bonds. The zero-order valence-electron chi connectivity index (χ0n) is 19.6. The third-order valence-electron chi connectivity index (χ3n) is 8.18. The van der Waals surface area contributed by atoms with Crippen molar-refractivity contribution in [1.29, 1.82) is 0 Å². The molecule has 1 spiro atoms. The molecule has 2 bridgehead atoms. The summed E-state index contributed by atoms with van der Waals surface area (Å²) in [5.74, 6) is -1.82. The van der Waals surface area contributed by atoms with E-state index >= 15 is 0 Å². The Morgan fingerprint density at radius 2 is 1.88 bits per heavy atom. The zero-order valence-corrected chi connectivity index (χ0v) is 19.6. The van der Waals surface area contributed by atoms with Gasteiger partial charge in [0.25, 0.3) is 0 Å². The number of carbonyl (C=O) groups excluding carboxylic acids is 3. The molecule has 178 valence electrons. The Morgan fingerprint density at radius 1 is 1.18 bits per heavy atom. The van der Waals surface area contributed by atoms with Crippen molar-refractivity contribution in [2.24, 2.45) is 17.8 Å². The highest BCUT2D eigenvalue weighted by molar-refractivity contribution is 5.97. The van der Waals surface area contributed by atoms with Gasteiger partial charge in [-0.2, -0.15) is 0 Å². The first kappa shape index (κ1) is 22.2. The molecule has 5 atom stereocenters. The predicted molar refractivity (Wildman–Crippen MR) is 117 cm³/mol. The van der Waals surface area contributed by atoms with Gasteiger partial charge in [0.15, 0.2) is 29.3 Å². The number of piperidine rings is 1. The smallest absolute Gasteiger partial charge is 0.320 e. The second kappa shape index (κ2) is 8.01. The molecule has 3 unspecified atom stereocenters. The molecule has 5 rings (SSSR count). The minimum absolute atomic E-state index is 0.0705. The van der Waals surface area contributed by atoms with Crippen molar-refractivity contribution in [2.45, 2.75) is 50.7 Å². The largest absolute Gasteiger partial charge is 0.493 e. The minimum Gasteiger partial charge on any atom is -0.493 e. The van der Waals surface area contributed by atoms with E-state index in [0.717, 1.165) is 24.1 Å². The monoisotopic (exact) mass is 457 g/mol. The highest BCUT2D eigenvalue weighted by Gasteiger charge is 2.69. The number of esters is 2. The molecule has 2 heterocycles. The number of methoxy groups -OCH3 is 1. The average Bonchev–Trinajstić information content (AvgIpc) is 3.13. The van der Waals surface area contributed by atoms with Crippen LogP contribution in [-0.2, 0) is 35.7 Å². The molecule has 1 aromatic carbocycles. The van der Waals surface area contributed by atoms with Crippen molar-refractivity contribution in [3.05, 3.63) is 23.3 Å². The molecule has 2 aliphatic carbocycles. The number of hydrogen-bond donors (Lipinski definition) is 0. The van der Waals surface area contributed by atoms with Crippen LogP contribution in [0.1, 0.15) is 37.8 Å². The molecular weight excluding hydrogens is 426 g/mol. The lowest BCUT2D eigenvalue weighted by molar-refractivity contribution is -0.173. The molecule has 1 saturated heterocycles. The molecule has 33 heavy (non-hydrogen) atoms. The SMILES string of the molecule is CCOC(=O)C(C(=O)OCC)[C@H]1CC(=O)[C@@H]2Oc3c(OC)ccc4c3C23CCN(C)C(C4)C13. The first-order chi connectivity index (χ1) is 15.9. The lowest BCUT2D eigenvalue weighted by atomic mass is 9.47. The first-order valence-corrected chi connectivity index (χ1v) is 11.8. The van der Waals surface area contributed by atoms with Gasteiger partial charge in [0.05, 0.1) is 20.3 Å². The van der Waals surface area contributed by atoms with Gasteiger partial charge in [0, 0.05) is 23.4 Å². The third-order valence-corrected chi connectivity index (χ3v) is 8.18. The fourth-order valence-electron chi connectivity index (χ4n) is 7.06. The summed E-state index contributed by atoms with van der Waals surface area (Å²) in [5, 5.41) is 0. The lowest BCUT2D eigenvalue weighted by Gasteiger charge is -2.60. The van der Waals surface area contributed by atoms with Gasteiger partial charge in [-0.25, -0.2) is 0 Å². The molecule has 1 saturated carbocycles. The highest BCUT2D eigenvalue weighted by atomic mass is 16.6. The molecule has 0 aromatic heterocycles. The maximum atomic E-state index is 13.6. The topological polar surface area (TPSA) is 91.4 Å². The van der Waals surface area contributed by atoms with Gasteiger partial charge in [-0.05, 0) is 63.7 Å². The predicted octanol–water partition coefficient (Wildman–Crippen LogP) is 1.90. The molecule has 2 fully saturated rings. The van der Waals surface area contributed by atoms with Crippen molar-refractivity contribution in [3.8, 4) is 11.5 Å². The summed E-state index contributed by atoms with van der Waals surface area (Å²) >= 11 is 0. The van der Waals surface area contributed by atoms with Crippen molar-refractivity contribution in [1.82, 2.24) is 4.90 Å². The number of benzene rings is 1. The van der Waals surface area contributed by atoms with Crippen molar-refractivity contribution >= 4 is 17.7 Å². The van der Waals surface area contributed by atoms with E-state index in [0.29, 0.717) is 17.9 Å². The number of likely N-dealkylation sites (tertiary alicyclic amines) is 1. The molecular formula is C25H31NO7. The van der Waals surface area contributed by atoms with Crippen LogP contribution >= 0.6 is 0 Å². The van der Waals surface area contributed by atoms with Crippen LogP contribution in [0, 0.1) is 17.8 Å². The maximum absolute atomic E-state index is 13.6. The number of nitrogens with zero attached hydrogens (tertiary/aromatic N) is 1. The summed E-state index contributed by atoms with van der Waals surface area (Å²) in [6, 6.07) is 4.04. The number of likely N-dealkylation sites (N-methyl/N-ethyl adjacent to an activating group) is 1. The van der Waals surface area contributed by atoms with Gasteiger partial charge in [0.1, 0.15) is 0 Å². The number of hydrogen-bond acceptors (Lipinski definition) is 8. The van der Waals surface area contributed by atoms with Gasteiger partial charge in [-0.3, -0.25) is 14.4 Å². The van der Waals surface area contributed by atoms with Crippen molar-refractivity contribution in [2.75, 3.05) is 33.9 Å². The van der Waals surface area contributed by atoms with Crippen LogP contribution in [-0.4, -0.2) is 68.7 Å². The average molecular weight is 458 g/mol. The van der Waals surface area contributed by atoms with Crippen LogP contribution in [0.15, 0.2) is 12.1 Å². The first-order valence-electron chi connectivity index (χ1n) is 11.8. The molecule has 8 nitrogen and oxygen atoms in total. The summed E-state index contributed by atoms with van der Waals surface area (Å²) < 4.78 is 22.6. The summed E-state index contributed by atoms with van der Waals surface area (Å²) in [7, 11) is 3.68. The fourth-order valence-corrected chi connectivity index (χ4v) is 7.06. The molecule has 1 aromatic rings. The molecule has 2 aliphatic heterocycles. The second-order valence-electron chi connectivity index (χ2n) is 9.51. The molecule has 8 heteroatoms. The zero-order chi connectivity index (χ0) is 23.5.